The monoisotopic (exact) mass is 468 g/mol. The molecular formula is C25H29ClN4O3. The Hall–Kier alpha value is -2.64. The second-order valence-corrected chi connectivity index (χ2v) is 9.71. The molecule has 7 nitrogen and oxygen atoms in total. The van der Waals surface area contributed by atoms with Crippen molar-refractivity contribution in [2.75, 3.05) is 31.5 Å². The van der Waals surface area contributed by atoms with Crippen molar-refractivity contribution in [1.29, 1.82) is 0 Å². The first-order chi connectivity index (χ1) is 16.0. The molecule has 3 unspecified atom stereocenters. The Balaban J connectivity index is 1.08. The van der Waals surface area contributed by atoms with Gasteiger partial charge in [-0.05, 0) is 60.8 Å². The lowest BCUT2D eigenvalue weighted by Gasteiger charge is -2.27. The molecule has 2 fully saturated rings. The van der Waals surface area contributed by atoms with E-state index in [9.17, 15) is 14.7 Å². The van der Waals surface area contributed by atoms with E-state index < -0.39 is 12.0 Å². The summed E-state index contributed by atoms with van der Waals surface area (Å²) in [5, 5.41) is 16.7. The Bertz CT molecular complexity index is 1050. The van der Waals surface area contributed by atoms with Gasteiger partial charge in [0.25, 0.3) is 0 Å². The average molecular weight is 469 g/mol. The molecule has 3 aliphatic rings. The molecule has 1 aliphatic carbocycles. The molecule has 0 bridgehead atoms. The number of carbonyl (C=O) groups excluding carboxylic acids is 1. The van der Waals surface area contributed by atoms with Crippen molar-refractivity contribution >= 4 is 29.3 Å². The largest absolute Gasteiger partial charge is 0.480 e. The number of rotatable bonds is 8. The summed E-state index contributed by atoms with van der Waals surface area (Å²) < 4.78 is 0. The fraction of sp³-hybridized carbons (Fsp3) is 0.480. The van der Waals surface area contributed by atoms with Crippen LogP contribution in [0.5, 0.6) is 0 Å². The molecule has 8 heteroatoms. The van der Waals surface area contributed by atoms with Crippen molar-refractivity contribution in [2.24, 2.45) is 17.8 Å². The van der Waals surface area contributed by atoms with Crippen LogP contribution in [0.2, 0.25) is 5.02 Å². The third kappa shape index (κ3) is 4.57. The minimum atomic E-state index is -0.906. The van der Waals surface area contributed by atoms with Crippen LogP contribution in [-0.2, 0) is 22.4 Å². The van der Waals surface area contributed by atoms with Gasteiger partial charge in [0.1, 0.15) is 11.9 Å². The fourth-order valence-corrected chi connectivity index (χ4v) is 5.69. The maximum Gasteiger partial charge on any atom is 0.325 e. The van der Waals surface area contributed by atoms with Gasteiger partial charge in [-0.2, -0.15) is 0 Å². The normalized spacial score (nSPS) is 24.3. The summed E-state index contributed by atoms with van der Waals surface area (Å²) >= 11 is 6.26. The van der Waals surface area contributed by atoms with Crippen molar-refractivity contribution < 1.29 is 14.7 Å². The van der Waals surface area contributed by atoms with Crippen LogP contribution < -0.4 is 10.6 Å². The number of carbonyl (C=O) groups is 2. The number of likely N-dealkylation sites (tertiary alicyclic amines) is 1. The van der Waals surface area contributed by atoms with Gasteiger partial charge in [-0.1, -0.05) is 35.9 Å². The predicted octanol–water partition coefficient (Wildman–Crippen LogP) is 3.15. The van der Waals surface area contributed by atoms with Gasteiger partial charge < -0.3 is 15.7 Å². The van der Waals surface area contributed by atoms with Gasteiger partial charge in [-0.3, -0.25) is 14.5 Å². The number of aryl methyl sites for hydroxylation is 2. The highest BCUT2D eigenvalue weighted by Crippen LogP contribution is 2.53. The Kier molecular flexibility index (Phi) is 6.25. The van der Waals surface area contributed by atoms with Crippen LogP contribution >= 0.6 is 11.6 Å². The summed E-state index contributed by atoms with van der Waals surface area (Å²) in [4.78, 5) is 31.3. The van der Waals surface area contributed by atoms with Crippen LogP contribution in [0.3, 0.4) is 0 Å². The molecule has 1 aromatic heterocycles. The molecule has 174 valence electrons. The summed E-state index contributed by atoms with van der Waals surface area (Å²) in [6, 6.07) is 10.6. The van der Waals surface area contributed by atoms with E-state index >= 15 is 0 Å². The topological polar surface area (TPSA) is 94.6 Å². The van der Waals surface area contributed by atoms with Gasteiger partial charge in [0.15, 0.2) is 0 Å². The van der Waals surface area contributed by atoms with Crippen LogP contribution in [-0.4, -0.2) is 53.0 Å². The quantitative estimate of drug-likeness (QED) is 0.515. The summed E-state index contributed by atoms with van der Waals surface area (Å²) in [7, 11) is 0. The lowest BCUT2D eigenvalue weighted by molar-refractivity contribution is -0.143. The number of hydrogen-bond donors (Lipinski definition) is 3. The second-order valence-electron chi connectivity index (χ2n) is 9.30. The number of nitrogens with zero attached hydrogens (tertiary/aromatic N) is 2. The molecule has 1 aromatic carbocycles. The van der Waals surface area contributed by atoms with Crippen molar-refractivity contribution in [1.82, 2.24) is 15.2 Å². The maximum atomic E-state index is 12.7. The van der Waals surface area contributed by atoms with Crippen molar-refractivity contribution in [2.45, 2.75) is 31.7 Å². The number of carboxylic acids is 1. The fourth-order valence-electron chi connectivity index (χ4n) is 5.45. The molecule has 0 radical (unpaired) electrons. The minimum absolute atomic E-state index is 0.00647. The molecule has 4 atom stereocenters. The van der Waals surface area contributed by atoms with E-state index in [-0.39, 0.29) is 23.7 Å². The third-order valence-electron chi connectivity index (χ3n) is 7.18. The number of aromatic nitrogens is 1. The highest BCUT2D eigenvalue weighted by molar-refractivity contribution is 6.31. The van der Waals surface area contributed by atoms with Crippen LogP contribution in [0.25, 0.3) is 0 Å². The summed E-state index contributed by atoms with van der Waals surface area (Å²) in [5.41, 5.74) is 2.95. The van der Waals surface area contributed by atoms with Crippen LogP contribution in [0.4, 0.5) is 5.82 Å². The summed E-state index contributed by atoms with van der Waals surface area (Å²) in [6.07, 6.45) is 3.91. The third-order valence-corrected chi connectivity index (χ3v) is 7.53. The maximum absolute atomic E-state index is 12.7. The van der Waals surface area contributed by atoms with Gasteiger partial charge >= 0.3 is 5.97 Å². The summed E-state index contributed by atoms with van der Waals surface area (Å²) in [6.45, 7) is 2.82. The minimum Gasteiger partial charge on any atom is -0.480 e. The number of benzene rings is 1. The van der Waals surface area contributed by atoms with Gasteiger partial charge in [0.05, 0.1) is 0 Å². The number of carboxylic acid groups (broad SMARTS) is 1. The standard InChI is InChI=1S/C25H29ClN4O3/c26-20-8-2-1-7-17(20)22(25(32)33)30-13-18-19(14-30)21(18)24(31)28-12-4-6-16-10-9-15-5-3-11-27-23(15)29-16/h1-2,7-10,18-19,21-22H,3-6,11-14H2,(H,27,29)(H,28,31)(H,32,33)/t18-,19?,21?,22?/m0/s1. The molecule has 2 aromatic rings. The van der Waals surface area contributed by atoms with Crippen molar-refractivity contribution in [3.05, 3.63) is 58.2 Å². The Labute approximate surface area is 198 Å². The van der Waals surface area contributed by atoms with Gasteiger partial charge in [0, 0.05) is 42.8 Å². The van der Waals surface area contributed by atoms with Crippen molar-refractivity contribution in [3.8, 4) is 0 Å². The van der Waals surface area contributed by atoms with E-state index in [1.54, 1.807) is 24.3 Å². The second kappa shape index (κ2) is 9.31. The first kappa shape index (κ1) is 22.2. The molecule has 2 aliphatic heterocycles. The number of halogens is 1. The Morgan fingerprint density at radius 1 is 1.21 bits per heavy atom. The summed E-state index contributed by atoms with van der Waals surface area (Å²) in [5.74, 6) is 0.638. The first-order valence-corrected chi connectivity index (χ1v) is 12.1. The lowest BCUT2D eigenvalue weighted by atomic mass is 10.0. The number of nitrogens with one attached hydrogen (secondary N) is 2. The van der Waals surface area contributed by atoms with E-state index in [1.165, 1.54) is 5.56 Å². The smallest absolute Gasteiger partial charge is 0.325 e. The molecule has 1 saturated heterocycles. The van der Waals surface area contributed by atoms with Gasteiger partial charge in [0.2, 0.25) is 5.91 Å². The van der Waals surface area contributed by atoms with Gasteiger partial charge in [-0.15, -0.1) is 0 Å². The number of amides is 1. The lowest BCUT2D eigenvalue weighted by Crippen LogP contribution is -2.37. The highest BCUT2D eigenvalue weighted by Gasteiger charge is 2.60. The molecule has 0 spiro atoms. The van der Waals surface area contributed by atoms with E-state index in [0.29, 0.717) is 30.2 Å². The van der Waals surface area contributed by atoms with E-state index in [4.69, 9.17) is 16.6 Å². The van der Waals surface area contributed by atoms with E-state index in [0.717, 1.165) is 43.7 Å². The number of anilines is 1. The number of hydrogen-bond acceptors (Lipinski definition) is 5. The molecule has 5 rings (SSSR count). The highest BCUT2D eigenvalue weighted by atomic mass is 35.5. The van der Waals surface area contributed by atoms with E-state index in [2.05, 4.69) is 22.8 Å². The van der Waals surface area contributed by atoms with Crippen LogP contribution in [0, 0.1) is 17.8 Å². The zero-order valence-electron chi connectivity index (χ0n) is 18.5. The number of pyridine rings is 1. The van der Waals surface area contributed by atoms with Gasteiger partial charge in [-0.25, -0.2) is 4.98 Å². The molecule has 33 heavy (non-hydrogen) atoms. The number of aliphatic carboxylic acids is 1. The molecular weight excluding hydrogens is 440 g/mol. The zero-order chi connectivity index (χ0) is 22.9. The SMILES string of the molecule is O=C(NCCCc1ccc2c(n1)NCCC2)C1C2CN(C(C(=O)O)c3ccccc3Cl)C[C@@H]21. The van der Waals surface area contributed by atoms with E-state index in [1.807, 2.05) is 4.90 Å². The van der Waals surface area contributed by atoms with Crippen molar-refractivity contribution in [3.63, 3.8) is 0 Å². The average Bonchev–Trinajstić information content (AvgIpc) is 3.32. The molecule has 3 heterocycles. The number of fused-ring (bicyclic) bond motifs is 2. The first-order valence-electron chi connectivity index (χ1n) is 11.7. The Morgan fingerprint density at radius 3 is 2.76 bits per heavy atom. The molecule has 1 saturated carbocycles. The zero-order valence-corrected chi connectivity index (χ0v) is 19.2. The molecule has 1 amide bonds. The Morgan fingerprint density at radius 2 is 2.00 bits per heavy atom. The molecule has 3 N–H and O–H groups in total. The number of piperidine rings is 1. The van der Waals surface area contributed by atoms with Crippen LogP contribution in [0.1, 0.15) is 35.7 Å². The predicted molar refractivity (Wildman–Crippen MR) is 126 cm³/mol. The van der Waals surface area contributed by atoms with Crippen LogP contribution in [0.15, 0.2) is 36.4 Å².